The van der Waals surface area contributed by atoms with E-state index in [-0.39, 0.29) is 5.78 Å². The predicted molar refractivity (Wildman–Crippen MR) is 68.5 cm³/mol. The van der Waals surface area contributed by atoms with Crippen LogP contribution in [0.15, 0.2) is 29.6 Å². The molecule has 0 radical (unpaired) electrons. The second kappa shape index (κ2) is 5.10. The summed E-state index contributed by atoms with van der Waals surface area (Å²) in [5.41, 5.74) is 1.89. The summed E-state index contributed by atoms with van der Waals surface area (Å²) in [6.45, 7) is 1.58. The molecule has 0 saturated carbocycles. The Morgan fingerprint density at radius 2 is 2.06 bits per heavy atom. The van der Waals surface area contributed by atoms with Gasteiger partial charge in [0.2, 0.25) is 0 Å². The maximum absolute atomic E-state index is 11.0. The van der Waals surface area contributed by atoms with Crippen LogP contribution in [0.1, 0.15) is 12.6 Å². The molecule has 2 aromatic rings. The SMILES string of the molecule is COc1ccc(-c2nc(CC(C)=O)cs2)cc1. The average molecular weight is 247 g/mol. The summed E-state index contributed by atoms with van der Waals surface area (Å²) in [7, 11) is 1.64. The highest BCUT2D eigenvalue weighted by molar-refractivity contribution is 7.13. The number of ketones is 1. The molecular weight excluding hydrogens is 234 g/mol. The third kappa shape index (κ3) is 2.91. The van der Waals surface area contributed by atoms with Gasteiger partial charge in [-0.3, -0.25) is 4.79 Å². The van der Waals surface area contributed by atoms with Gasteiger partial charge in [-0.2, -0.15) is 0 Å². The van der Waals surface area contributed by atoms with Crippen molar-refractivity contribution in [2.45, 2.75) is 13.3 Å². The zero-order chi connectivity index (χ0) is 12.3. The number of hydrogen-bond donors (Lipinski definition) is 0. The van der Waals surface area contributed by atoms with Gasteiger partial charge in [0.05, 0.1) is 12.8 Å². The lowest BCUT2D eigenvalue weighted by Gasteiger charge is -2.00. The minimum atomic E-state index is 0.136. The molecule has 2 rings (SSSR count). The van der Waals surface area contributed by atoms with E-state index < -0.39 is 0 Å². The molecular formula is C13H13NO2S. The van der Waals surface area contributed by atoms with Crippen LogP contribution in [0.2, 0.25) is 0 Å². The maximum atomic E-state index is 11.0. The summed E-state index contributed by atoms with van der Waals surface area (Å²) in [5, 5.41) is 2.87. The molecule has 0 bridgehead atoms. The van der Waals surface area contributed by atoms with E-state index in [1.807, 2.05) is 29.6 Å². The van der Waals surface area contributed by atoms with Gasteiger partial charge in [-0.1, -0.05) is 0 Å². The smallest absolute Gasteiger partial charge is 0.135 e. The first-order valence-corrected chi connectivity index (χ1v) is 6.15. The highest BCUT2D eigenvalue weighted by atomic mass is 32.1. The van der Waals surface area contributed by atoms with E-state index in [0.29, 0.717) is 6.42 Å². The van der Waals surface area contributed by atoms with E-state index >= 15 is 0 Å². The monoisotopic (exact) mass is 247 g/mol. The number of rotatable bonds is 4. The van der Waals surface area contributed by atoms with E-state index in [9.17, 15) is 4.79 Å². The van der Waals surface area contributed by atoms with Gasteiger partial charge in [-0.25, -0.2) is 4.98 Å². The number of methoxy groups -OCH3 is 1. The van der Waals surface area contributed by atoms with Crippen molar-refractivity contribution in [2.75, 3.05) is 7.11 Å². The third-order valence-corrected chi connectivity index (χ3v) is 3.26. The molecule has 0 unspecified atom stereocenters. The lowest BCUT2D eigenvalue weighted by molar-refractivity contribution is -0.116. The molecule has 17 heavy (non-hydrogen) atoms. The predicted octanol–water partition coefficient (Wildman–Crippen LogP) is 2.95. The van der Waals surface area contributed by atoms with Crippen LogP contribution >= 0.6 is 11.3 Å². The first-order chi connectivity index (χ1) is 8.19. The molecule has 88 valence electrons. The number of benzene rings is 1. The van der Waals surface area contributed by atoms with Gasteiger partial charge in [0.15, 0.2) is 0 Å². The van der Waals surface area contributed by atoms with Crippen LogP contribution < -0.4 is 4.74 Å². The number of ether oxygens (including phenoxy) is 1. The summed E-state index contributed by atoms with van der Waals surface area (Å²) < 4.78 is 5.10. The van der Waals surface area contributed by atoms with Crippen molar-refractivity contribution in [3.8, 4) is 16.3 Å². The Hall–Kier alpha value is -1.68. The van der Waals surface area contributed by atoms with E-state index in [2.05, 4.69) is 4.98 Å². The highest BCUT2D eigenvalue weighted by Crippen LogP contribution is 2.25. The fourth-order valence-corrected chi connectivity index (χ4v) is 2.34. The van der Waals surface area contributed by atoms with Gasteiger partial charge in [-0.05, 0) is 31.2 Å². The summed E-state index contributed by atoms with van der Waals surface area (Å²) in [4.78, 5) is 15.4. The Morgan fingerprint density at radius 3 is 2.65 bits per heavy atom. The first-order valence-electron chi connectivity index (χ1n) is 5.27. The number of hydrogen-bond acceptors (Lipinski definition) is 4. The second-order valence-electron chi connectivity index (χ2n) is 3.75. The first kappa shape index (κ1) is 11.8. The second-order valence-corrected chi connectivity index (χ2v) is 4.61. The van der Waals surface area contributed by atoms with Gasteiger partial charge >= 0.3 is 0 Å². The molecule has 0 fully saturated rings. The Bertz CT molecular complexity index is 516. The molecule has 0 amide bonds. The van der Waals surface area contributed by atoms with Crippen LogP contribution in [0.5, 0.6) is 5.75 Å². The molecule has 1 aromatic heterocycles. The summed E-state index contributed by atoms with van der Waals surface area (Å²) in [6, 6.07) is 7.74. The number of thiazole rings is 1. The lowest BCUT2D eigenvalue weighted by atomic mass is 10.2. The molecule has 1 heterocycles. The van der Waals surface area contributed by atoms with Crippen molar-refractivity contribution in [1.29, 1.82) is 0 Å². The van der Waals surface area contributed by atoms with Gasteiger partial charge < -0.3 is 4.74 Å². The van der Waals surface area contributed by atoms with Crippen LogP contribution in [0.4, 0.5) is 0 Å². The van der Waals surface area contributed by atoms with Gasteiger partial charge in [-0.15, -0.1) is 11.3 Å². The van der Waals surface area contributed by atoms with Crippen molar-refractivity contribution in [2.24, 2.45) is 0 Å². The summed E-state index contributed by atoms with van der Waals surface area (Å²) in [6.07, 6.45) is 0.409. The van der Waals surface area contributed by atoms with Crippen LogP contribution in [0.3, 0.4) is 0 Å². The normalized spacial score (nSPS) is 10.2. The molecule has 0 atom stereocenters. The molecule has 1 aromatic carbocycles. The van der Waals surface area contributed by atoms with Crippen LogP contribution in [0.25, 0.3) is 10.6 Å². The number of Topliss-reactive ketones (excluding diaryl/α,β-unsaturated/α-hetero) is 1. The zero-order valence-electron chi connectivity index (χ0n) is 9.77. The van der Waals surface area contributed by atoms with E-state index in [1.54, 1.807) is 25.4 Å². The van der Waals surface area contributed by atoms with Crippen molar-refractivity contribution >= 4 is 17.1 Å². The Morgan fingerprint density at radius 1 is 1.35 bits per heavy atom. The van der Waals surface area contributed by atoms with E-state index in [4.69, 9.17) is 4.74 Å². The largest absolute Gasteiger partial charge is 0.497 e. The highest BCUT2D eigenvalue weighted by Gasteiger charge is 2.06. The van der Waals surface area contributed by atoms with Crippen molar-refractivity contribution in [3.63, 3.8) is 0 Å². The Balaban J connectivity index is 2.21. The van der Waals surface area contributed by atoms with Crippen molar-refractivity contribution in [1.82, 2.24) is 4.98 Å². The molecule has 0 aliphatic heterocycles. The van der Waals surface area contributed by atoms with Gasteiger partial charge in [0.25, 0.3) is 0 Å². The molecule has 0 N–H and O–H groups in total. The number of carbonyl (C=O) groups excluding carboxylic acids is 1. The lowest BCUT2D eigenvalue weighted by Crippen LogP contribution is -1.95. The van der Waals surface area contributed by atoms with E-state index in [1.165, 1.54) is 0 Å². The fourth-order valence-electron chi connectivity index (χ4n) is 1.51. The van der Waals surface area contributed by atoms with Crippen LogP contribution in [-0.4, -0.2) is 17.9 Å². The molecule has 3 nitrogen and oxygen atoms in total. The fraction of sp³-hybridized carbons (Fsp3) is 0.231. The van der Waals surface area contributed by atoms with Gasteiger partial charge in [0.1, 0.15) is 16.5 Å². The average Bonchev–Trinajstić information content (AvgIpc) is 2.77. The topological polar surface area (TPSA) is 39.2 Å². The molecule has 4 heteroatoms. The number of aromatic nitrogens is 1. The Kier molecular flexibility index (Phi) is 3.54. The van der Waals surface area contributed by atoms with E-state index in [0.717, 1.165) is 22.0 Å². The maximum Gasteiger partial charge on any atom is 0.135 e. The van der Waals surface area contributed by atoms with Crippen LogP contribution in [0, 0.1) is 0 Å². The minimum Gasteiger partial charge on any atom is -0.497 e. The van der Waals surface area contributed by atoms with Crippen molar-refractivity contribution < 1.29 is 9.53 Å². The zero-order valence-corrected chi connectivity index (χ0v) is 10.6. The van der Waals surface area contributed by atoms with Crippen LogP contribution in [-0.2, 0) is 11.2 Å². The van der Waals surface area contributed by atoms with Gasteiger partial charge in [0, 0.05) is 17.4 Å². The minimum absolute atomic E-state index is 0.136. The number of nitrogens with zero attached hydrogens (tertiary/aromatic N) is 1. The number of carbonyl (C=O) groups is 1. The quantitative estimate of drug-likeness (QED) is 0.833. The molecule has 0 saturated heterocycles. The third-order valence-electron chi connectivity index (χ3n) is 2.32. The summed E-state index contributed by atoms with van der Waals surface area (Å²) in [5.74, 6) is 0.964. The summed E-state index contributed by atoms with van der Waals surface area (Å²) >= 11 is 1.55. The Labute approximate surface area is 104 Å². The van der Waals surface area contributed by atoms with Crippen molar-refractivity contribution in [3.05, 3.63) is 35.3 Å². The molecule has 0 aliphatic rings. The molecule has 0 spiro atoms. The standard InChI is InChI=1S/C13H13NO2S/c1-9(15)7-11-8-17-13(14-11)10-3-5-12(16-2)6-4-10/h3-6,8H,7H2,1-2H3. The molecule has 0 aliphatic carbocycles.